The summed E-state index contributed by atoms with van der Waals surface area (Å²) in [6.07, 6.45) is 0. The maximum Gasteiger partial charge on any atom is 0.0642 e. The summed E-state index contributed by atoms with van der Waals surface area (Å²) in [5, 5.41) is 0. The Hall–Kier alpha value is -1.02. The summed E-state index contributed by atoms with van der Waals surface area (Å²) >= 11 is 0. The third-order valence-electron chi connectivity index (χ3n) is 2.30. The molecule has 1 saturated heterocycles. The van der Waals surface area contributed by atoms with Crippen LogP contribution in [0.25, 0.3) is 0 Å². The number of ether oxygens (including phenoxy) is 1. The summed E-state index contributed by atoms with van der Waals surface area (Å²) in [6.45, 7) is 5.72. The largest absolute Gasteiger partial charge is 0.378 e. The maximum atomic E-state index is 5.29. The van der Waals surface area contributed by atoms with Gasteiger partial charge in [0, 0.05) is 24.8 Å². The van der Waals surface area contributed by atoms with Gasteiger partial charge in [-0.15, -0.1) is 0 Å². The van der Waals surface area contributed by atoms with E-state index < -0.39 is 0 Å². The molecule has 1 radical (unpaired) electrons. The molecule has 2 rings (SSSR count). The Balaban J connectivity index is 2.10. The van der Waals surface area contributed by atoms with Crippen LogP contribution in [0.3, 0.4) is 0 Å². The fraction of sp³-hybridized carbons (Fsp3) is 0.455. The summed E-state index contributed by atoms with van der Waals surface area (Å²) in [5.74, 6) is 0. The Bertz CT molecular complexity index is 262. The summed E-state index contributed by atoms with van der Waals surface area (Å²) in [5.41, 5.74) is 2.45. The zero-order valence-corrected chi connectivity index (χ0v) is 7.92. The predicted octanol–water partition coefficient (Wildman–Crippen LogP) is 1.63. The number of rotatable bonds is 1. The van der Waals surface area contributed by atoms with Gasteiger partial charge in [-0.3, -0.25) is 0 Å². The van der Waals surface area contributed by atoms with E-state index in [9.17, 15) is 0 Å². The van der Waals surface area contributed by atoms with Crippen LogP contribution in [0, 0.1) is 13.0 Å². The normalized spacial score (nSPS) is 17.5. The lowest BCUT2D eigenvalue weighted by molar-refractivity contribution is 0.122. The molecule has 1 heterocycles. The topological polar surface area (TPSA) is 12.5 Å². The molecule has 0 aliphatic carbocycles. The van der Waals surface area contributed by atoms with Crippen molar-refractivity contribution in [3.63, 3.8) is 0 Å². The Morgan fingerprint density at radius 2 is 2.08 bits per heavy atom. The number of anilines is 1. The van der Waals surface area contributed by atoms with Gasteiger partial charge in [-0.2, -0.15) is 0 Å². The van der Waals surface area contributed by atoms with Crippen LogP contribution in [0.15, 0.2) is 18.2 Å². The molecule has 2 heteroatoms. The molecular weight excluding hydrogens is 162 g/mol. The summed E-state index contributed by atoms with van der Waals surface area (Å²) in [6, 6.07) is 9.56. The van der Waals surface area contributed by atoms with E-state index in [0.717, 1.165) is 26.3 Å². The Morgan fingerprint density at radius 1 is 1.31 bits per heavy atom. The minimum absolute atomic E-state index is 0.835. The second kappa shape index (κ2) is 3.79. The van der Waals surface area contributed by atoms with Gasteiger partial charge in [-0.05, 0) is 19.1 Å². The van der Waals surface area contributed by atoms with Gasteiger partial charge in [0.15, 0.2) is 0 Å². The molecular formula is C11H14NO. The first-order chi connectivity index (χ1) is 6.36. The van der Waals surface area contributed by atoms with Crippen molar-refractivity contribution < 1.29 is 4.74 Å². The number of hydrogen-bond donors (Lipinski definition) is 0. The highest BCUT2D eigenvalue weighted by molar-refractivity contribution is 5.46. The van der Waals surface area contributed by atoms with E-state index in [-0.39, 0.29) is 0 Å². The summed E-state index contributed by atoms with van der Waals surface area (Å²) in [7, 11) is 0. The molecule has 1 fully saturated rings. The molecule has 0 amide bonds. The number of aryl methyl sites for hydroxylation is 1. The SMILES string of the molecule is Cc1c[c]c(N2CCOCC2)cc1. The second-order valence-corrected chi connectivity index (χ2v) is 3.35. The average Bonchev–Trinajstić information content (AvgIpc) is 2.20. The van der Waals surface area contributed by atoms with Gasteiger partial charge < -0.3 is 9.64 Å². The van der Waals surface area contributed by atoms with Crippen LogP contribution < -0.4 is 4.90 Å². The van der Waals surface area contributed by atoms with Crippen LogP contribution >= 0.6 is 0 Å². The van der Waals surface area contributed by atoms with Crippen molar-refractivity contribution in [1.82, 2.24) is 0 Å². The van der Waals surface area contributed by atoms with Crippen molar-refractivity contribution in [2.45, 2.75) is 6.92 Å². The minimum atomic E-state index is 0.835. The highest BCUT2D eigenvalue weighted by Crippen LogP contribution is 2.15. The highest BCUT2D eigenvalue weighted by Gasteiger charge is 2.10. The Kier molecular flexibility index (Phi) is 2.50. The first kappa shape index (κ1) is 8.57. The first-order valence-corrected chi connectivity index (χ1v) is 4.67. The molecule has 1 aliphatic rings. The summed E-state index contributed by atoms with van der Waals surface area (Å²) in [4.78, 5) is 2.31. The van der Waals surface area contributed by atoms with Crippen LogP contribution in [0.1, 0.15) is 5.56 Å². The van der Waals surface area contributed by atoms with Crippen molar-refractivity contribution in [3.8, 4) is 0 Å². The fourth-order valence-electron chi connectivity index (χ4n) is 1.50. The maximum absolute atomic E-state index is 5.29. The van der Waals surface area contributed by atoms with Gasteiger partial charge in [0.25, 0.3) is 0 Å². The number of nitrogens with zero attached hydrogens (tertiary/aromatic N) is 1. The van der Waals surface area contributed by atoms with E-state index in [1.807, 2.05) is 6.07 Å². The smallest absolute Gasteiger partial charge is 0.0642 e. The van der Waals surface area contributed by atoms with E-state index in [0.29, 0.717) is 0 Å². The van der Waals surface area contributed by atoms with Crippen molar-refractivity contribution >= 4 is 5.69 Å². The lowest BCUT2D eigenvalue weighted by atomic mass is 10.2. The molecule has 1 aromatic carbocycles. The van der Waals surface area contributed by atoms with Crippen molar-refractivity contribution in [1.29, 1.82) is 0 Å². The molecule has 2 nitrogen and oxygen atoms in total. The molecule has 0 atom stereocenters. The van der Waals surface area contributed by atoms with E-state index in [4.69, 9.17) is 4.74 Å². The third kappa shape index (κ3) is 2.01. The molecule has 0 aromatic heterocycles. The molecule has 0 unspecified atom stereocenters. The number of hydrogen-bond acceptors (Lipinski definition) is 2. The predicted molar refractivity (Wildman–Crippen MR) is 53.0 cm³/mol. The number of benzene rings is 1. The van der Waals surface area contributed by atoms with Gasteiger partial charge in [-0.25, -0.2) is 0 Å². The van der Waals surface area contributed by atoms with E-state index in [1.54, 1.807) is 0 Å². The monoisotopic (exact) mass is 176 g/mol. The van der Waals surface area contributed by atoms with Crippen LogP contribution in [-0.4, -0.2) is 26.3 Å². The molecule has 1 aliphatic heterocycles. The third-order valence-corrected chi connectivity index (χ3v) is 2.30. The zero-order chi connectivity index (χ0) is 9.10. The van der Waals surface area contributed by atoms with Gasteiger partial charge in [-0.1, -0.05) is 11.6 Å². The van der Waals surface area contributed by atoms with Crippen molar-refractivity contribution in [2.75, 3.05) is 31.2 Å². The van der Waals surface area contributed by atoms with Gasteiger partial charge in [0.1, 0.15) is 0 Å². The van der Waals surface area contributed by atoms with E-state index >= 15 is 0 Å². The Labute approximate surface area is 79.1 Å². The first-order valence-electron chi connectivity index (χ1n) is 4.67. The molecule has 0 spiro atoms. The lowest BCUT2D eigenvalue weighted by Crippen LogP contribution is -2.36. The molecule has 69 valence electrons. The van der Waals surface area contributed by atoms with Crippen LogP contribution in [0.2, 0.25) is 0 Å². The van der Waals surface area contributed by atoms with E-state index in [2.05, 4.69) is 30.0 Å². The quantitative estimate of drug-likeness (QED) is 0.645. The van der Waals surface area contributed by atoms with Crippen LogP contribution in [0.5, 0.6) is 0 Å². The van der Waals surface area contributed by atoms with Gasteiger partial charge in [0.05, 0.1) is 13.2 Å². The van der Waals surface area contributed by atoms with Crippen molar-refractivity contribution in [2.24, 2.45) is 0 Å². The average molecular weight is 176 g/mol. The fourth-order valence-corrected chi connectivity index (χ4v) is 1.50. The molecule has 0 bridgehead atoms. The molecule has 0 N–H and O–H groups in total. The van der Waals surface area contributed by atoms with Crippen molar-refractivity contribution in [3.05, 3.63) is 29.8 Å². The molecule has 1 aromatic rings. The van der Waals surface area contributed by atoms with Crippen LogP contribution in [-0.2, 0) is 4.74 Å². The molecule has 0 saturated carbocycles. The Morgan fingerprint density at radius 3 is 2.69 bits per heavy atom. The van der Waals surface area contributed by atoms with E-state index in [1.165, 1.54) is 11.3 Å². The summed E-state index contributed by atoms with van der Waals surface area (Å²) < 4.78 is 5.29. The minimum Gasteiger partial charge on any atom is -0.378 e. The standard InChI is InChI=1S/C11H14NO/c1-10-2-4-11(5-3-10)12-6-8-13-9-7-12/h2-4H,6-9H2,1H3. The second-order valence-electron chi connectivity index (χ2n) is 3.35. The molecule has 13 heavy (non-hydrogen) atoms. The number of morpholine rings is 1. The zero-order valence-electron chi connectivity index (χ0n) is 7.92. The lowest BCUT2D eigenvalue weighted by Gasteiger charge is -2.28. The van der Waals surface area contributed by atoms with Crippen LogP contribution in [0.4, 0.5) is 5.69 Å². The van der Waals surface area contributed by atoms with Gasteiger partial charge in [0.2, 0.25) is 0 Å². The van der Waals surface area contributed by atoms with Gasteiger partial charge >= 0.3 is 0 Å². The highest BCUT2D eigenvalue weighted by atomic mass is 16.5.